The summed E-state index contributed by atoms with van der Waals surface area (Å²) in [5, 5.41) is 0. The minimum absolute atomic E-state index is 0.0331. The predicted octanol–water partition coefficient (Wildman–Crippen LogP) is 2.83. The summed E-state index contributed by atoms with van der Waals surface area (Å²) in [5.74, 6) is 0.478. The monoisotopic (exact) mass is 314 g/mol. The van der Waals surface area contributed by atoms with E-state index in [2.05, 4.69) is 6.92 Å². The van der Waals surface area contributed by atoms with Gasteiger partial charge in [0.2, 0.25) is 5.91 Å². The van der Waals surface area contributed by atoms with Crippen LogP contribution in [0.5, 0.6) is 0 Å². The number of hydrogen-bond acceptors (Lipinski definition) is 2. The first-order chi connectivity index (χ1) is 10.3. The summed E-state index contributed by atoms with van der Waals surface area (Å²) in [5.41, 5.74) is 5.63. The highest BCUT2D eigenvalue weighted by molar-refractivity contribution is 5.79. The van der Waals surface area contributed by atoms with Gasteiger partial charge in [0, 0.05) is 19.1 Å². The predicted molar refractivity (Wildman–Crippen MR) is 78.1 cm³/mol. The molecule has 1 aliphatic rings. The molecule has 1 amide bonds. The lowest BCUT2D eigenvalue weighted by molar-refractivity contribution is -0.137. The highest BCUT2D eigenvalue weighted by Crippen LogP contribution is 2.29. The Hall–Kier alpha value is -1.56. The van der Waals surface area contributed by atoms with E-state index in [0.717, 1.165) is 25.0 Å². The Balaban J connectivity index is 2.02. The Labute approximate surface area is 128 Å². The highest BCUT2D eigenvalue weighted by atomic mass is 19.4. The molecule has 1 heterocycles. The average Bonchev–Trinajstić information content (AvgIpc) is 2.46. The molecule has 1 aromatic carbocycles. The van der Waals surface area contributed by atoms with E-state index in [1.54, 1.807) is 4.90 Å². The normalized spacial score (nSPS) is 22.7. The van der Waals surface area contributed by atoms with Crippen molar-refractivity contribution in [2.75, 3.05) is 13.1 Å². The smallest absolute Gasteiger partial charge is 0.338 e. The van der Waals surface area contributed by atoms with Crippen molar-refractivity contribution in [3.05, 3.63) is 35.4 Å². The minimum Gasteiger partial charge on any atom is -0.338 e. The van der Waals surface area contributed by atoms with Crippen molar-refractivity contribution >= 4 is 5.91 Å². The summed E-state index contributed by atoms with van der Waals surface area (Å²) in [4.78, 5) is 14.1. The number of nitrogens with zero attached hydrogens (tertiary/aromatic N) is 1. The van der Waals surface area contributed by atoms with Gasteiger partial charge in [0.1, 0.15) is 0 Å². The van der Waals surface area contributed by atoms with Crippen molar-refractivity contribution in [2.24, 2.45) is 11.7 Å². The minimum atomic E-state index is -4.35. The van der Waals surface area contributed by atoms with Gasteiger partial charge < -0.3 is 10.6 Å². The molecule has 1 saturated heterocycles. The van der Waals surface area contributed by atoms with Crippen LogP contribution in [0.3, 0.4) is 0 Å². The lowest BCUT2D eigenvalue weighted by Gasteiger charge is -2.38. The molecule has 1 aromatic rings. The van der Waals surface area contributed by atoms with Crippen LogP contribution >= 0.6 is 0 Å². The molecular formula is C16H21F3N2O. The van der Waals surface area contributed by atoms with Crippen LogP contribution in [0.4, 0.5) is 13.2 Å². The molecule has 2 atom stereocenters. The number of likely N-dealkylation sites (tertiary alicyclic amines) is 1. The largest absolute Gasteiger partial charge is 0.416 e. The zero-order valence-corrected chi connectivity index (χ0v) is 12.6. The molecule has 1 aliphatic heterocycles. The summed E-state index contributed by atoms with van der Waals surface area (Å²) < 4.78 is 37.6. The number of carbonyl (C=O) groups is 1. The van der Waals surface area contributed by atoms with Crippen molar-refractivity contribution in [2.45, 2.75) is 38.4 Å². The van der Waals surface area contributed by atoms with E-state index >= 15 is 0 Å². The molecule has 0 aliphatic carbocycles. The summed E-state index contributed by atoms with van der Waals surface area (Å²) in [6.07, 6.45) is -2.41. The summed E-state index contributed by atoms with van der Waals surface area (Å²) in [6.45, 7) is 3.23. The van der Waals surface area contributed by atoms with E-state index in [0.29, 0.717) is 24.6 Å². The van der Waals surface area contributed by atoms with Gasteiger partial charge in [-0.3, -0.25) is 4.79 Å². The van der Waals surface area contributed by atoms with Crippen LogP contribution < -0.4 is 5.73 Å². The van der Waals surface area contributed by atoms with Crippen molar-refractivity contribution in [1.29, 1.82) is 0 Å². The van der Waals surface area contributed by atoms with Crippen LogP contribution in [0.25, 0.3) is 0 Å². The number of amides is 1. The van der Waals surface area contributed by atoms with Crippen LogP contribution in [0.15, 0.2) is 24.3 Å². The molecule has 122 valence electrons. The molecule has 0 aromatic heterocycles. The van der Waals surface area contributed by atoms with Crippen molar-refractivity contribution in [3.63, 3.8) is 0 Å². The topological polar surface area (TPSA) is 46.3 Å². The molecule has 0 spiro atoms. The first-order valence-electron chi connectivity index (χ1n) is 7.47. The molecular weight excluding hydrogens is 293 g/mol. The van der Waals surface area contributed by atoms with Gasteiger partial charge in [0.25, 0.3) is 0 Å². The number of nitrogens with two attached hydrogens (primary N) is 1. The third-order valence-electron chi connectivity index (χ3n) is 4.21. The van der Waals surface area contributed by atoms with Gasteiger partial charge in [-0.1, -0.05) is 19.1 Å². The second kappa shape index (κ2) is 6.69. The Kier molecular flexibility index (Phi) is 5.11. The van der Waals surface area contributed by atoms with Crippen LogP contribution in [-0.2, 0) is 17.4 Å². The summed E-state index contributed by atoms with van der Waals surface area (Å²) >= 11 is 0. The summed E-state index contributed by atoms with van der Waals surface area (Å²) in [7, 11) is 0. The molecule has 22 heavy (non-hydrogen) atoms. The van der Waals surface area contributed by atoms with Crippen LogP contribution in [0, 0.1) is 5.92 Å². The average molecular weight is 314 g/mol. The maximum Gasteiger partial charge on any atom is 0.416 e. The van der Waals surface area contributed by atoms with Gasteiger partial charge in [-0.15, -0.1) is 0 Å². The van der Waals surface area contributed by atoms with E-state index < -0.39 is 11.7 Å². The molecule has 0 radical (unpaired) electrons. The fourth-order valence-electron chi connectivity index (χ4n) is 2.89. The van der Waals surface area contributed by atoms with E-state index in [1.807, 2.05) is 0 Å². The SMILES string of the molecule is CC1CCN(C(=O)Cc2ccc(C(F)(F)F)cc2)C(CN)C1. The number of benzene rings is 1. The van der Waals surface area contributed by atoms with Gasteiger partial charge >= 0.3 is 6.18 Å². The maximum atomic E-state index is 12.5. The van der Waals surface area contributed by atoms with E-state index in [-0.39, 0.29) is 18.4 Å². The van der Waals surface area contributed by atoms with Crippen LogP contribution in [0.2, 0.25) is 0 Å². The van der Waals surface area contributed by atoms with Crippen molar-refractivity contribution < 1.29 is 18.0 Å². The summed E-state index contributed by atoms with van der Waals surface area (Å²) in [6, 6.07) is 4.80. The molecule has 0 saturated carbocycles. The number of hydrogen-bond donors (Lipinski definition) is 1. The van der Waals surface area contributed by atoms with Gasteiger partial charge in [-0.05, 0) is 36.5 Å². The number of carbonyl (C=O) groups excluding carboxylic acids is 1. The number of halogens is 3. The molecule has 6 heteroatoms. The highest BCUT2D eigenvalue weighted by Gasteiger charge is 2.31. The molecule has 1 fully saturated rings. The van der Waals surface area contributed by atoms with Gasteiger partial charge in [0.15, 0.2) is 0 Å². The van der Waals surface area contributed by atoms with Crippen LogP contribution in [0.1, 0.15) is 30.9 Å². The van der Waals surface area contributed by atoms with Gasteiger partial charge in [-0.25, -0.2) is 0 Å². The second-order valence-electron chi connectivity index (χ2n) is 5.98. The Bertz CT molecular complexity index is 513. The quantitative estimate of drug-likeness (QED) is 0.932. The third-order valence-corrected chi connectivity index (χ3v) is 4.21. The maximum absolute atomic E-state index is 12.5. The molecule has 2 N–H and O–H groups in total. The molecule has 2 rings (SSSR count). The standard InChI is InChI=1S/C16H21F3N2O/c1-11-6-7-21(14(8-11)10-20)15(22)9-12-2-4-13(5-3-12)16(17,18)19/h2-5,11,14H,6-10,20H2,1H3. The Morgan fingerprint density at radius 3 is 2.50 bits per heavy atom. The lowest BCUT2D eigenvalue weighted by Crippen LogP contribution is -2.49. The van der Waals surface area contributed by atoms with Crippen LogP contribution in [-0.4, -0.2) is 29.9 Å². The van der Waals surface area contributed by atoms with Crippen molar-refractivity contribution in [3.8, 4) is 0 Å². The fraction of sp³-hybridized carbons (Fsp3) is 0.562. The number of rotatable bonds is 3. The first kappa shape index (κ1) is 16.8. The molecule has 0 bridgehead atoms. The van der Waals surface area contributed by atoms with E-state index in [1.165, 1.54) is 12.1 Å². The van der Waals surface area contributed by atoms with E-state index in [4.69, 9.17) is 5.73 Å². The second-order valence-corrected chi connectivity index (χ2v) is 5.98. The Morgan fingerprint density at radius 1 is 1.32 bits per heavy atom. The number of alkyl halides is 3. The van der Waals surface area contributed by atoms with Crippen molar-refractivity contribution in [1.82, 2.24) is 4.90 Å². The zero-order valence-electron chi connectivity index (χ0n) is 12.6. The van der Waals surface area contributed by atoms with E-state index in [9.17, 15) is 18.0 Å². The lowest BCUT2D eigenvalue weighted by atomic mass is 9.92. The zero-order chi connectivity index (χ0) is 16.3. The third kappa shape index (κ3) is 4.00. The fourth-order valence-corrected chi connectivity index (χ4v) is 2.89. The van der Waals surface area contributed by atoms with Gasteiger partial charge in [0.05, 0.1) is 12.0 Å². The molecule has 2 unspecified atom stereocenters. The Morgan fingerprint density at radius 2 is 1.95 bits per heavy atom. The molecule has 3 nitrogen and oxygen atoms in total. The number of piperidine rings is 1. The first-order valence-corrected chi connectivity index (χ1v) is 7.47. The van der Waals surface area contributed by atoms with Gasteiger partial charge in [-0.2, -0.15) is 13.2 Å².